The summed E-state index contributed by atoms with van der Waals surface area (Å²) < 4.78 is 2.16. The third-order valence-corrected chi connectivity index (χ3v) is 4.36. The van der Waals surface area contributed by atoms with Crippen molar-refractivity contribution in [3.63, 3.8) is 0 Å². The van der Waals surface area contributed by atoms with Crippen LogP contribution in [0.2, 0.25) is 0 Å². The van der Waals surface area contributed by atoms with Gasteiger partial charge in [-0.05, 0) is 64.6 Å². The van der Waals surface area contributed by atoms with Crippen molar-refractivity contribution in [1.29, 1.82) is 0 Å². The third kappa shape index (κ3) is 5.53. The lowest BCUT2D eigenvalue weighted by Crippen LogP contribution is -2.23. The van der Waals surface area contributed by atoms with Crippen molar-refractivity contribution < 1.29 is 0 Å². The summed E-state index contributed by atoms with van der Waals surface area (Å²) in [6, 6.07) is 10.8. The maximum absolute atomic E-state index is 4.27. The molecule has 0 bridgehead atoms. The first-order chi connectivity index (χ1) is 10.2. The fourth-order valence-corrected chi connectivity index (χ4v) is 3.02. The summed E-state index contributed by atoms with van der Waals surface area (Å²) in [5.74, 6) is 0.459. The fourth-order valence-electron chi connectivity index (χ4n) is 2.35. The summed E-state index contributed by atoms with van der Waals surface area (Å²) >= 11 is 7.00. The number of rotatable bonds is 7. The predicted molar refractivity (Wildman–Crippen MR) is 95.7 cm³/mol. The molecule has 1 heterocycles. The highest BCUT2D eigenvalue weighted by Gasteiger charge is 2.12. The zero-order valence-electron chi connectivity index (χ0n) is 12.2. The van der Waals surface area contributed by atoms with Crippen molar-refractivity contribution in [1.82, 2.24) is 10.3 Å². The summed E-state index contributed by atoms with van der Waals surface area (Å²) in [5.41, 5.74) is 2.62. The van der Waals surface area contributed by atoms with Crippen LogP contribution in [0.15, 0.2) is 51.7 Å². The standard InChI is InChI=1S/C17H20Br2N2/c1-2-7-20-11-15(14-3-5-16(18)6-4-14)8-13-9-17(19)12-21-10-13/h3-6,9-10,12,15,20H,2,7-8,11H2,1H3. The van der Waals surface area contributed by atoms with Crippen LogP contribution in [0.3, 0.4) is 0 Å². The Morgan fingerprint density at radius 1 is 1.10 bits per heavy atom. The summed E-state index contributed by atoms with van der Waals surface area (Å²) in [7, 11) is 0. The van der Waals surface area contributed by atoms with E-state index < -0.39 is 0 Å². The molecule has 0 aliphatic heterocycles. The second kappa shape index (κ2) is 8.66. The Labute approximate surface area is 143 Å². The number of nitrogens with zero attached hydrogens (tertiary/aromatic N) is 1. The first-order valence-electron chi connectivity index (χ1n) is 7.24. The Balaban J connectivity index is 2.13. The lowest BCUT2D eigenvalue weighted by molar-refractivity contribution is 0.576. The highest BCUT2D eigenvalue weighted by molar-refractivity contribution is 9.10. The topological polar surface area (TPSA) is 24.9 Å². The van der Waals surface area contributed by atoms with E-state index in [1.54, 1.807) is 0 Å². The third-order valence-electron chi connectivity index (χ3n) is 3.40. The monoisotopic (exact) mass is 410 g/mol. The molecule has 1 aromatic heterocycles. The fraction of sp³-hybridized carbons (Fsp3) is 0.353. The molecule has 0 radical (unpaired) electrons. The highest BCUT2D eigenvalue weighted by atomic mass is 79.9. The van der Waals surface area contributed by atoms with E-state index in [2.05, 4.69) is 79.4 Å². The molecule has 2 rings (SSSR count). The highest BCUT2D eigenvalue weighted by Crippen LogP contribution is 2.23. The van der Waals surface area contributed by atoms with E-state index in [4.69, 9.17) is 0 Å². The Kier molecular flexibility index (Phi) is 6.87. The largest absolute Gasteiger partial charge is 0.316 e. The number of hydrogen-bond donors (Lipinski definition) is 1. The lowest BCUT2D eigenvalue weighted by atomic mass is 9.92. The molecule has 0 saturated heterocycles. The van der Waals surface area contributed by atoms with Gasteiger partial charge in [0.15, 0.2) is 0 Å². The van der Waals surface area contributed by atoms with Crippen molar-refractivity contribution in [2.24, 2.45) is 0 Å². The summed E-state index contributed by atoms with van der Waals surface area (Å²) in [5, 5.41) is 3.54. The van der Waals surface area contributed by atoms with Crippen LogP contribution in [0.1, 0.15) is 30.4 Å². The van der Waals surface area contributed by atoms with Crippen LogP contribution >= 0.6 is 31.9 Å². The number of pyridine rings is 1. The first-order valence-corrected chi connectivity index (χ1v) is 8.83. The number of halogens is 2. The molecule has 1 N–H and O–H groups in total. The van der Waals surface area contributed by atoms with Gasteiger partial charge in [0.2, 0.25) is 0 Å². The van der Waals surface area contributed by atoms with Crippen molar-refractivity contribution >= 4 is 31.9 Å². The van der Waals surface area contributed by atoms with Crippen molar-refractivity contribution in [2.75, 3.05) is 13.1 Å². The quantitative estimate of drug-likeness (QED) is 0.653. The molecule has 2 aromatic rings. The van der Waals surface area contributed by atoms with Gasteiger partial charge in [0.25, 0.3) is 0 Å². The average molecular weight is 412 g/mol. The molecule has 2 nitrogen and oxygen atoms in total. The van der Waals surface area contributed by atoms with E-state index in [1.165, 1.54) is 11.1 Å². The molecule has 1 atom stereocenters. The second-order valence-corrected chi connectivity index (χ2v) is 7.00. The predicted octanol–water partition coefficient (Wildman–Crippen LogP) is 4.93. The molecule has 1 unspecified atom stereocenters. The van der Waals surface area contributed by atoms with Crippen molar-refractivity contribution in [2.45, 2.75) is 25.7 Å². The molecule has 4 heteroatoms. The van der Waals surface area contributed by atoms with E-state index in [9.17, 15) is 0 Å². The van der Waals surface area contributed by atoms with Crippen LogP contribution < -0.4 is 5.32 Å². The molecular formula is C17H20Br2N2. The van der Waals surface area contributed by atoms with Crippen molar-refractivity contribution in [3.8, 4) is 0 Å². The van der Waals surface area contributed by atoms with E-state index in [0.717, 1.165) is 34.9 Å². The van der Waals surface area contributed by atoms with Gasteiger partial charge in [0, 0.05) is 33.8 Å². The Morgan fingerprint density at radius 2 is 1.86 bits per heavy atom. The first kappa shape index (κ1) is 16.7. The summed E-state index contributed by atoms with van der Waals surface area (Å²) in [6.07, 6.45) is 5.93. The number of benzene rings is 1. The zero-order valence-corrected chi connectivity index (χ0v) is 15.3. The van der Waals surface area contributed by atoms with Gasteiger partial charge >= 0.3 is 0 Å². The van der Waals surface area contributed by atoms with Gasteiger partial charge in [-0.15, -0.1) is 0 Å². The van der Waals surface area contributed by atoms with E-state index in [0.29, 0.717) is 5.92 Å². The minimum Gasteiger partial charge on any atom is -0.316 e. The van der Waals surface area contributed by atoms with Gasteiger partial charge in [-0.25, -0.2) is 0 Å². The molecule has 0 amide bonds. The van der Waals surface area contributed by atoms with Gasteiger partial charge < -0.3 is 5.32 Å². The van der Waals surface area contributed by atoms with Crippen LogP contribution in [0.4, 0.5) is 0 Å². The maximum atomic E-state index is 4.27. The van der Waals surface area contributed by atoms with Crippen LogP contribution in [-0.2, 0) is 6.42 Å². The summed E-state index contributed by atoms with van der Waals surface area (Å²) in [6.45, 7) is 4.24. The molecule has 0 aliphatic rings. The van der Waals surface area contributed by atoms with Crippen LogP contribution in [0, 0.1) is 0 Å². The summed E-state index contributed by atoms with van der Waals surface area (Å²) in [4.78, 5) is 4.27. The van der Waals surface area contributed by atoms with Gasteiger partial charge in [-0.2, -0.15) is 0 Å². The Bertz CT molecular complexity index is 555. The van der Waals surface area contributed by atoms with Crippen molar-refractivity contribution in [3.05, 3.63) is 62.8 Å². The SMILES string of the molecule is CCCNCC(Cc1cncc(Br)c1)c1ccc(Br)cc1. The minimum atomic E-state index is 0.459. The van der Waals surface area contributed by atoms with Gasteiger partial charge in [-0.3, -0.25) is 4.98 Å². The molecule has 0 saturated carbocycles. The molecule has 0 aliphatic carbocycles. The molecule has 1 aromatic carbocycles. The molecular weight excluding hydrogens is 392 g/mol. The number of nitrogens with one attached hydrogen (secondary N) is 1. The Hall–Kier alpha value is -0.710. The zero-order chi connectivity index (χ0) is 15.1. The van der Waals surface area contributed by atoms with Gasteiger partial charge in [-0.1, -0.05) is 35.0 Å². The molecule has 21 heavy (non-hydrogen) atoms. The van der Waals surface area contributed by atoms with Gasteiger partial charge in [0.05, 0.1) is 0 Å². The minimum absolute atomic E-state index is 0.459. The number of aromatic nitrogens is 1. The molecule has 112 valence electrons. The van der Waals surface area contributed by atoms with Crippen LogP contribution in [-0.4, -0.2) is 18.1 Å². The average Bonchev–Trinajstić information content (AvgIpc) is 2.47. The maximum Gasteiger partial charge on any atom is 0.0410 e. The Morgan fingerprint density at radius 3 is 2.52 bits per heavy atom. The second-order valence-electron chi connectivity index (χ2n) is 5.17. The van der Waals surface area contributed by atoms with E-state index in [-0.39, 0.29) is 0 Å². The smallest absolute Gasteiger partial charge is 0.0410 e. The molecule has 0 spiro atoms. The number of hydrogen-bond acceptors (Lipinski definition) is 2. The normalized spacial score (nSPS) is 12.3. The van der Waals surface area contributed by atoms with E-state index >= 15 is 0 Å². The van der Waals surface area contributed by atoms with E-state index in [1.807, 2.05) is 12.4 Å². The van der Waals surface area contributed by atoms with Crippen LogP contribution in [0.25, 0.3) is 0 Å². The lowest BCUT2D eigenvalue weighted by Gasteiger charge is -2.18. The van der Waals surface area contributed by atoms with Gasteiger partial charge in [0.1, 0.15) is 0 Å². The molecule has 0 fully saturated rings. The van der Waals surface area contributed by atoms with Crippen LogP contribution in [0.5, 0.6) is 0 Å².